The Morgan fingerprint density at radius 3 is 2.53 bits per heavy atom. The van der Waals surface area contributed by atoms with Gasteiger partial charge in [-0.2, -0.15) is 0 Å². The second-order valence-electron chi connectivity index (χ2n) is 10.2. The average molecular weight is 447 g/mol. The molecule has 5 nitrogen and oxygen atoms in total. The molecule has 0 saturated heterocycles. The predicted octanol–water partition coefficient (Wildman–Crippen LogP) is 4.25. The summed E-state index contributed by atoms with van der Waals surface area (Å²) < 4.78 is 13.6. The zero-order chi connectivity index (χ0) is 23.6. The van der Waals surface area contributed by atoms with Gasteiger partial charge in [-0.15, -0.1) is 0 Å². The van der Waals surface area contributed by atoms with Crippen LogP contribution in [0.4, 0.5) is 4.39 Å². The molecule has 178 valence electrons. The molecule has 32 heavy (non-hydrogen) atoms. The van der Waals surface area contributed by atoms with Crippen molar-refractivity contribution in [2.45, 2.75) is 72.4 Å². The normalized spacial score (nSPS) is 33.2. The van der Waals surface area contributed by atoms with E-state index in [1.165, 1.54) is 18.2 Å². The first-order valence-corrected chi connectivity index (χ1v) is 12.2. The Kier molecular flexibility index (Phi) is 7.64. The second-order valence-corrected chi connectivity index (χ2v) is 10.2. The number of amides is 2. The minimum atomic E-state index is -0.591. The topological polar surface area (TPSA) is 69.6 Å². The van der Waals surface area contributed by atoms with Crippen molar-refractivity contribution in [1.82, 2.24) is 10.2 Å². The van der Waals surface area contributed by atoms with Gasteiger partial charge in [0.25, 0.3) is 5.91 Å². The van der Waals surface area contributed by atoms with Crippen LogP contribution in [0.1, 0.15) is 70.7 Å². The fraction of sp³-hybridized carbons (Fsp3) is 0.692. The van der Waals surface area contributed by atoms with Crippen LogP contribution in [0.15, 0.2) is 24.3 Å². The molecule has 2 aliphatic carbocycles. The number of nitrogens with zero attached hydrogens (tertiary/aromatic N) is 1. The lowest BCUT2D eigenvalue weighted by Crippen LogP contribution is -2.58. The van der Waals surface area contributed by atoms with E-state index in [-0.39, 0.29) is 46.9 Å². The van der Waals surface area contributed by atoms with Crippen molar-refractivity contribution in [1.29, 1.82) is 0 Å². The Labute approximate surface area is 191 Å². The zero-order valence-corrected chi connectivity index (χ0v) is 20.1. The molecule has 0 radical (unpaired) electrons. The number of carbonyl (C=O) groups is 2. The van der Waals surface area contributed by atoms with Crippen molar-refractivity contribution in [3.8, 4) is 0 Å². The van der Waals surface area contributed by atoms with Crippen molar-refractivity contribution in [2.75, 3.05) is 13.1 Å². The lowest BCUT2D eigenvalue weighted by Gasteiger charge is -2.56. The molecule has 1 aromatic rings. The summed E-state index contributed by atoms with van der Waals surface area (Å²) in [5, 5.41) is 14.6. The predicted molar refractivity (Wildman–Crippen MR) is 123 cm³/mol. The van der Waals surface area contributed by atoms with E-state index in [9.17, 15) is 19.1 Å². The Hall–Kier alpha value is -1.95. The van der Waals surface area contributed by atoms with Crippen LogP contribution in [0.3, 0.4) is 0 Å². The molecule has 2 saturated carbocycles. The van der Waals surface area contributed by atoms with Crippen LogP contribution in [0.25, 0.3) is 0 Å². The van der Waals surface area contributed by atoms with E-state index in [1.54, 1.807) is 6.07 Å². The summed E-state index contributed by atoms with van der Waals surface area (Å²) >= 11 is 0. The third-order valence-corrected chi connectivity index (χ3v) is 8.40. The summed E-state index contributed by atoms with van der Waals surface area (Å²) in [5.41, 5.74) is 0.305. The molecule has 0 aromatic heterocycles. The number of halogens is 1. The summed E-state index contributed by atoms with van der Waals surface area (Å²) in [6.45, 7) is 11.6. The molecule has 1 aromatic carbocycles. The Morgan fingerprint density at radius 2 is 1.91 bits per heavy atom. The van der Waals surface area contributed by atoms with Crippen molar-refractivity contribution >= 4 is 11.8 Å². The highest BCUT2D eigenvalue weighted by Gasteiger charge is 2.54. The number of hydrogen-bond acceptors (Lipinski definition) is 3. The molecule has 1 unspecified atom stereocenters. The Bertz CT molecular complexity index is 827. The van der Waals surface area contributed by atoms with Crippen LogP contribution >= 0.6 is 0 Å². The second kappa shape index (κ2) is 9.90. The van der Waals surface area contributed by atoms with Gasteiger partial charge in [-0.25, -0.2) is 4.39 Å². The van der Waals surface area contributed by atoms with E-state index in [0.717, 1.165) is 25.7 Å². The molecule has 6 heteroatoms. The van der Waals surface area contributed by atoms with Gasteiger partial charge in [0.1, 0.15) is 5.82 Å². The van der Waals surface area contributed by atoms with E-state index >= 15 is 0 Å². The lowest BCUT2D eigenvalue weighted by atomic mass is 9.51. The number of hydrogen-bond donors (Lipinski definition) is 2. The van der Waals surface area contributed by atoms with E-state index in [2.05, 4.69) is 19.2 Å². The maximum atomic E-state index is 13.6. The average Bonchev–Trinajstić information content (AvgIpc) is 2.76. The van der Waals surface area contributed by atoms with E-state index in [1.807, 2.05) is 25.7 Å². The standard InChI is InChI=1S/C26H39FN2O3/c1-6-29(7-2)25(32)16(3)20-11-13-26(5)14-12-21(17(4)22(26)23(20)30)28-24(31)18-9-8-10-19(27)15-18/h8-10,15-17,20-23,30H,6-7,11-14H2,1-5H3,(H,28,31)/t16?,17-,20+,21+,22-,23+,26+/m1/s1. The number of aliphatic hydroxyl groups excluding tert-OH is 1. The molecule has 0 heterocycles. The fourth-order valence-corrected chi connectivity index (χ4v) is 6.39. The molecular formula is C26H39FN2O3. The number of rotatable bonds is 6. The van der Waals surface area contributed by atoms with E-state index < -0.39 is 11.9 Å². The van der Waals surface area contributed by atoms with Crippen molar-refractivity contribution < 1.29 is 19.1 Å². The lowest BCUT2D eigenvalue weighted by molar-refractivity contribution is -0.149. The van der Waals surface area contributed by atoms with Gasteiger partial charge in [0.05, 0.1) is 6.10 Å². The third-order valence-electron chi connectivity index (χ3n) is 8.40. The molecule has 3 rings (SSSR count). The molecule has 2 aliphatic rings. The van der Waals surface area contributed by atoms with Gasteiger partial charge >= 0.3 is 0 Å². The molecule has 0 bridgehead atoms. The maximum absolute atomic E-state index is 13.6. The number of carbonyl (C=O) groups excluding carboxylic acids is 2. The third kappa shape index (κ3) is 4.70. The van der Waals surface area contributed by atoms with Gasteiger partial charge in [-0.05, 0) is 80.9 Å². The SMILES string of the molecule is CCN(CC)C(=O)C(C)[C@@H]1CC[C@@]2(C)CC[C@H](NC(=O)c3cccc(F)c3)[C@@H](C)[C@@H]2[C@H]1O. The first-order valence-electron chi connectivity index (χ1n) is 12.2. The smallest absolute Gasteiger partial charge is 0.251 e. The van der Waals surface area contributed by atoms with Gasteiger partial charge < -0.3 is 15.3 Å². The Balaban J connectivity index is 1.76. The van der Waals surface area contributed by atoms with Crippen molar-refractivity contribution in [3.05, 3.63) is 35.6 Å². The number of fused-ring (bicyclic) bond motifs is 1. The van der Waals surface area contributed by atoms with Crippen LogP contribution in [0, 0.1) is 34.9 Å². The zero-order valence-electron chi connectivity index (χ0n) is 20.1. The van der Waals surface area contributed by atoms with Crippen molar-refractivity contribution in [2.24, 2.45) is 29.1 Å². The quantitative estimate of drug-likeness (QED) is 0.686. The van der Waals surface area contributed by atoms with Crippen LogP contribution in [0.5, 0.6) is 0 Å². The van der Waals surface area contributed by atoms with E-state index in [4.69, 9.17) is 0 Å². The Morgan fingerprint density at radius 1 is 1.25 bits per heavy atom. The summed E-state index contributed by atoms with van der Waals surface area (Å²) in [4.78, 5) is 27.6. The summed E-state index contributed by atoms with van der Waals surface area (Å²) in [7, 11) is 0. The molecule has 0 spiro atoms. The molecule has 0 aliphatic heterocycles. The minimum Gasteiger partial charge on any atom is -0.392 e. The largest absolute Gasteiger partial charge is 0.392 e. The van der Waals surface area contributed by atoms with Gasteiger partial charge in [-0.3, -0.25) is 9.59 Å². The highest BCUT2D eigenvalue weighted by Crippen LogP contribution is 2.55. The van der Waals surface area contributed by atoms with Crippen LogP contribution < -0.4 is 5.32 Å². The molecule has 7 atom stereocenters. The molecule has 2 fully saturated rings. The van der Waals surface area contributed by atoms with Gasteiger partial charge in [0.2, 0.25) is 5.91 Å². The highest BCUT2D eigenvalue weighted by atomic mass is 19.1. The van der Waals surface area contributed by atoms with Gasteiger partial charge in [-0.1, -0.05) is 26.8 Å². The first kappa shape index (κ1) is 24.7. The summed E-state index contributed by atoms with van der Waals surface area (Å²) in [6.07, 6.45) is 2.98. The number of benzene rings is 1. The first-order chi connectivity index (χ1) is 15.1. The van der Waals surface area contributed by atoms with Crippen LogP contribution in [-0.4, -0.2) is 47.1 Å². The maximum Gasteiger partial charge on any atom is 0.251 e. The summed E-state index contributed by atoms with van der Waals surface area (Å²) in [5.74, 6) is -0.858. The minimum absolute atomic E-state index is 0.000220. The fourth-order valence-electron chi connectivity index (χ4n) is 6.39. The van der Waals surface area contributed by atoms with E-state index in [0.29, 0.717) is 18.7 Å². The number of nitrogens with one attached hydrogen (secondary N) is 1. The van der Waals surface area contributed by atoms with Crippen LogP contribution in [-0.2, 0) is 4.79 Å². The molecule has 2 amide bonds. The molecular weight excluding hydrogens is 407 g/mol. The van der Waals surface area contributed by atoms with Crippen molar-refractivity contribution in [3.63, 3.8) is 0 Å². The highest BCUT2D eigenvalue weighted by molar-refractivity contribution is 5.94. The molecule has 2 N–H and O–H groups in total. The van der Waals surface area contributed by atoms with Crippen LogP contribution in [0.2, 0.25) is 0 Å². The van der Waals surface area contributed by atoms with Gasteiger partial charge in [0, 0.05) is 30.6 Å². The monoisotopic (exact) mass is 446 g/mol. The summed E-state index contributed by atoms with van der Waals surface area (Å²) in [6, 6.07) is 5.63. The van der Waals surface area contributed by atoms with Gasteiger partial charge in [0.15, 0.2) is 0 Å². The number of aliphatic hydroxyl groups is 1.